The predicted octanol–water partition coefficient (Wildman–Crippen LogP) is 5.42. The SMILES string of the molecule is CCN(CC)c1ccc(Nc2nc(Cl)nc3sc4c(c23)CCC4)cc1. The van der Waals surface area contributed by atoms with Crippen molar-refractivity contribution in [3.05, 3.63) is 40.0 Å². The summed E-state index contributed by atoms with van der Waals surface area (Å²) in [6, 6.07) is 8.49. The zero-order chi connectivity index (χ0) is 17.4. The third kappa shape index (κ3) is 3.07. The number of aromatic nitrogens is 2. The molecule has 25 heavy (non-hydrogen) atoms. The molecule has 2 heterocycles. The first-order valence-corrected chi connectivity index (χ1v) is 9.98. The molecule has 0 bridgehead atoms. The third-order valence-electron chi connectivity index (χ3n) is 4.80. The van der Waals surface area contributed by atoms with Gasteiger partial charge in [-0.15, -0.1) is 11.3 Å². The monoisotopic (exact) mass is 372 g/mol. The summed E-state index contributed by atoms with van der Waals surface area (Å²) < 4.78 is 0. The first-order chi connectivity index (χ1) is 12.2. The van der Waals surface area contributed by atoms with Crippen molar-refractivity contribution in [1.82, 2.24) is 9.97 Å². The number of rotatable bonds is 5. The van der Waals surface area contributed by atoms with E-state index in [-0.39, 0.29) is 0 Å². The Morgan fingerprint density at radius 2 is 1.88 bits per heavy atom. The molecule has 3 aromatic rings. The summed E-state index contributed by atoms with van der Waals surface area (Å²) in [6.07, 6.45) is 3.47. The zero-order valence-electron chi connectivity index (χ0n) is 14.5. The van der Waals surface area contributed by atoms with E-state index in [9.17, 15) is 0 Å². The minimum atomic E-state index is 0.301. The minimum Gasteiger partial charge on any atom is -0.372 e. The van der Waals surface area contributed by atoms with Crippen molar-refractivity contribution < 1.29 is 0 Å². The first-order valence-electron chi connectivity index (χ1n) is 8.79. The molecule has 0 amide bonds. The van der Waals surface area contributed by atoms with Gasteiger partial charge in [0.15, 0.2) is 0 Å². The molecule has 4 rings (SSSR count). The maximum atomic E-state index is 6.16. The van der Waals surface area contributed by atoms with Crippen molar-refractivity contribution in [3.8, 4) is 0 Å². The average molecular weight is 373 g/mol. The number of aryl methyl sites for hydroxylation is 2. The van der Waals surface area contributed by atoms with E-state index >= 15 is 0 Å². The average Bonchev–Trinajstić information content (AvgIpc) is 3.17. The predicted molar refractivity (Wildman–Crippen MR) is 108 cm³/mol. The summed E-state index contributed by atoms with van der Waals surface area (Å²) >= 11 is 7.91. The van der Waals surface area contributed by atoms with Crippen LogP contribution in [0.2, 0.25) is 5.28 Å². The van der Waals surface area contributed by atoms with E-state index in [0.717, 1.165) is 47.7 Å². The number of anilines is 3. The number of benzene rings is 1. The highest BCUT2D eigenvalue weighted by Gasteiger charge is 2.22. The second-order valence-electron chi connectivity index (χ2n) is 6.22. The Bertz CT molecular complexity index is 900. The number of hydrogen-bond acceptors (Lipinski definition) is 5. The van der Waals surface area contributed by atoms with Crippen molar-refractivity contribution in [2.75, 3.05) is 23.3 Å². The Balaban J connectivity index is 1.69. The largest absolute Gasteiger partial charge is 0.372 e. The van der Waals surface area contributed by atoms with Crippen LogP contribution in [-0.4, -0.2) is 23.1 Å². The van der Waals surface area contributed by atoms with Gasteiger partial charge in [-0.2, -0.15) is 4.98 Å². The summed E-state index contributed by atoms with van der Waals surface area (Å²) in [5, 5.41) is 4.91. The molecule has 1 aliphatic rings. The molecule has 4 nitrogen and oxygen atoms in total. The van der Waals surface area contributed by atoms with Gasteiger partial charge in [-0.25, -0.2) is 4.98 Å². The van der Waals surface area contributed by atoms with Crippen molar-refractivity contribution in [1.29, 1.82) is 0 Å². The van der Waals surface area contributed by atoms with Crippen molar-refractivity contribution in [3.63, 3.8) is 0 Å². The highest BCUT2D eigenvalue weighted by molar-refractivity contribution is 7.19. The second kappa shape index (κ2) is 6.81. The van der Waals surface area contributed by atoms with Crippen LogP contribution in [0.1, 0.15) is 30.7 Å². The van der Waals surface area contributed by atoms with Crippen molar-refractivity contribution in [2.24, 2.45) is 0 Å². The van der Waals surface area contributed by atoms with Crippen LogP contribution < -0.4 is 10.2 Å². The van der Waals surface area contributed by atoms with Gasteiger partial charge in [0.05, 0.1) is 5.39 Å². The zero-order valence-corrected chi connectivity index (χ0v) is 16.0. The molecule has 130 valence electrons. The lowest BCUT2D eigenvalue weighted by atomic mass is 10.2. The van der Waals surface area contributed by atoms with Crippen LogP contribution in [0.4, 0.5) is 17.2 Å². The maximum absolute atomic E-state index is 6.16. The van der Waals surface area contributed by atoms with Crippen LogP contribution in [-0.2, 0) is 12.8 Å². The van der Waals surface area contributed by atoms with E-state index in [4.69, 9.17) is 11.6 Å². The summed E-state index contributed by atoms with van der Waals surface area (Å²) in [5.74, 6) is 0.824. The molecule has 0 aliphatic heterocycles. The highest BCUT2D eigenvalue weighted by Crippen LogP contribution is 2.40. The van der Waals surface area contributed by atoms with Crippen LogP contribution in [0, 0.1) is 0 Å². The lowest BCUT2D eigenvalue weighted by Crippen LogP contribution is -2.21. The fourth-order valence-corrected chi connectivity index (χ4v) is 5.02. The molecular weight excluding hydrogens is 352 g/mol. The number of halogens is 1. The molecule has 0 radical (unpaired) electrons. The molecule has 0 fully saturated rings. The molecular formula is C19H21ClN4S. The minimum absolute atomic E-state index is 0.301. The van der Waals surface area contributed by atoms with E-state index in [1.54, 1.807) is 11.3 Å². The van der Waals surface area contributed by atoms with E-state index in [1.807, 2.05) is 0 Å². The van der Waals surface area contributed by atoms with Gasteiger partial charge < -0.3 is 10.2 Å². The number of hydrogen-bond donors (Lipinski definition) is 1. The lowest BCUT2D eigenvalue weighted by molar-refractivity contribution is 0.866. The molecule has 0 saturated heterocycles. The number of nitrogens with one attached hydrogen (secondary N) is 1. The normalized spacial score (nSPS) is 13.2. The molecule has 0 unspecified atom stereocenters. The van der Waals surface area contributed by atoms with Crippen molar-refractivity contribution >= 4 is 50.3 Å². The molecule has 1 aliphatic carbocycles. The standard InChI is InChI=1S/C19H21ClN4S/c1-3-24(4-2)13-10-8-12(9-11-13)21-17-16-14-6-5-7-15(14)25-18(16)23-19(20)22-17/h8-11H,3-7H2,1-2H3,(H,21,22,23). The molecule has 0 saturated carbocycles. The topological polar surface area (TPSA) is 41.0 Å². The van der Waals surface area contributed by atoms with E-state index < -0.39 is 0 Å². The Morgan fingerprint density at radius 3 is 2.60 bits per heavy atom. The number of fused-ring (bicyclic) bond motifs is 3. The fraction of sp³-hybridized carbons (Fsp3) is 0.368. The number of nitrogens with zero attached hydrogens (tertiary/aromatic N) is 3. The second-order valence-corrected chi connectivity index (χ2v) is 7.64. The molecule has 1 aromatic carbocycles. The molecule has 1 N–H and O–H groups in total. The maximum Gasteiger partial charge on any atom is 0.225 e. The van der Waals surface area contributed by atoms with Crippen LogP contribution >= 0.6 is 22.9 Å². The quantitative estimate of drug-likeness (QED) is 0.607. The Labute approximate surface area is 156 Å². The van der Waals surface area contributed by atoms with Crippen LogP contribution in [0.3, 0.4) is 0 Å². The van der Waals surface area contributed by atoms with Crippen molar-refractivity contribution in [2.45, 2.75) is 33.1 Å². The summed E-state index contributed by atoms with van der Waals surface area (Å²) in [6.45, 7) is 6.36. The van der Waals surface area contributed by atoms with Gasteiger partial charge in [0.1, 0.15) is 10.6 Å². The van der Waals surface area contributed by atoms with Gasteiger partial charge in [0.2, 0.25) is 5.28 Å². The summed E-state index contributed by atoms with van der Waals surface area (Å²) in [7, 11) is 0. The summed E-state index contributed by atoms with van der Waals surface area (Å²) in [5.41, 5.74) is 3.65. The smallest absolute Gasteiger partial charge is 0.225 e. The fourth-order valence-electron chi connectivity index (χ4n) is 3.54. The van der Waals surface area contributed by atoms with Crippen LogP contribution in [0.25, 0.3) is 10.2 Å². The Morgan fingerprint density at radius 1 is 1.12 bits per heavy atom. The third-order valence-corrected chi connectivity index (χ3v) is 6.15. The van der Waals surface area contributed by atoms with Gasteiger partial charge in [-0.3, -0.25) is 0 Å². The number of thiophene rings is 1. The van der Waals surface area contributed by atoms with Gasteiger partial charge in [0.25, 0.3) is 0 Å². The van der Waals surface area contributed by atoms with Crippen LogP contribution in [0.5, 0.6) is 0 Å². The molecule has 0 atom stereocenters. The molecule has 0 spiro atoms. The van der Waals surface area contributed by atoms with E-state index in [2.05, 4.69) is 58.3 Å². The summed E-state index contributed by atoms with van der Waals surface area (Å²) in [4.78, 5) is 13.7. The lowest BCUT2D eigenvalue weighted by Gasteiger charge is -2.21. The van der Waals surface area contributed by atoms with E-state index in [0.29, 0.717) is 5.28 Å². The van der Waals surface area contributed by atoms with Gasteiger partial charge in [-0.05, 0) is 74.5 Å². The van der Waals surface area contributed by atoms with Gasteiger partial charge >= 0.3 is 0 Å². The van der Waals surface area contributed by atoms with E-state index in [1.165, 1.54) is 22.5 Å². The highest BCUT2D eigenvalue weighted by atomic mass is 35.5. The van der Waals surface area contributed by atoms with Crippen LogP contribution in [0.15, 0.2) is 24.3 Å². The van der Waals surface area contributed by atoms with Gasteiger partial charge in [-0.1, -0.05) is 0 Å². The van der Waals surface area contributed by atoms with Gasteiger partial charge in [0, 0.05) is 29.3 Å². The first kappa shape index (κ1) is 16.6. The molecule has 6 heteroatoms. The molecule has 2 aromatic heterocycles. The Hall–Kier alpha value is -1.85. The Kier molecular flexibility index (Phi) is 4.52.